The highest BCUT2D eigenvalue weighted by atomic mass is 19.4. The number of nitrogens with zero attached hydrogens (tertiary/aromatic N) is 2. The number of anilines is 1. The van der Waals surface area contributed by atoms with Crippen LogP contribution in [0.25, 0.3) is 0 Å². The van der Waals surface area contributed by atoms with Crippen LogP contribution in [0.1, 0.15) is 62.6 Å². The van der Waals surface area contributed by atoms with Gasteiger partial charge in [-0.15, -0.1) is 0 Å². The third-order valence-corrected chi connectivity index (χ3v) is 9.87. The highest BCUT2D eigenvalue weighted by Gasteiger charge is 2.53. The number of amides is 3. The summed E-state index contributed by atoms with van der Waals surface area (Å²) in [6.07, 6.45) is -1.71. The van der Waals surface area contributed by atoms with Crippen LogP contribution in [0.2, 0.25) is 0 Å². The van der Waals surface area contributed by atoms with Crippen molar-refractivity contribution in [1.82, 2.24) is 10.2 Å². The Morgan fingerprint density at radius 1 is 1.05 bits per heavy atom. The molecule has 2 heterocycles. The number of nitrogens with one attached hydrogen (secondary N) is 1. The van der Waals surface area contributed by atoms with Gasteiger partial charge in [-0.25, -0.2) is 0 Å². The second kappa shape index (κ2) is 11.0. The molecule has 0 bridgehead atoms. The first kappa shape index (κ1) is 30.1. The van der Waals surface area contributed by atoms with Crippen molar-refractivity contribution in [3.63, 3.8) is 0 Å². The number of carbonyl (C=O) groups is 3. The van der Waals surface area contributed by atoms with E-state index in [-0.39, 0.29) is 30.3 Å². The average Bonchev–Trinajstić information content (AvgIpc) is 3.49. The van der Waals surface area contributed by atoms with Crippen LogP contribution in [-0.2, 0) is 32.4 Å². The summed E-state index contributed by atoms with van der Waals surface area (Å²) in [5.74, 6) is -1.53. The number of para-hydroxylation sites is 1. The van der Waals surface area contributed by atoms with Crippen LogP contribution in [-0.4, -0.2) is 54.8 Å². The fraction of sp³-hybridized carbons (Fsp3) is 0.531. The van der Waals surface area contributed by atoms with E-state index >= 15 is 0 Å². The fourth-order valence-corrected chi connectivity index (χ4v) is 7.28. The molecule has 3 atom stereocenters. The molecule has 2 fully saturated rings. The molecule has 0 spiro atoms. The molecule has 42 heavy (non-hydrogen) atoms. The minimum Gasteiger partial charge on any atom is -0.369 e. The lowest BCUT2D eigenvalue weighted by Gasteiger charge is -2.42. The smallest absolute Gasteiger partial charge is 0.369 e. The van der Waals surface area contributed by atoms with Gasteiger partial charge in [0.05, 0.1) is 22.3 Å². The normalized spacial score (nSPS) is 25.0. The zero-order chi connectivity index (χ0) is 30.4. The summed E-state index contributed by atoms with van der Waals surface area (Å²) in [6.45, 7) is 4.68. The fourth-order valence-electron chi connectivity index (χ4n) is 7.28. The molecule has 10 heteroatoms. The van der Waals surface area contributed by atoms with E-state index < -0.39 is 34.4 Å². The predicted molar refractivity (Wildman–Crippen MR) is 154 cm³/mol. The molecule has 5 rings (SSSR count). The summed E-state index contributed by atoms with van der Waals surface area (Å²) in [4.78, 5) is 44.4. The van der Waals surface area contributed by atoms with E-state index in [1.807, 2.05) is 43.0 Å². The number of rotatable bonds is 7. The van der Waals surface area contributed by atoms with Gasteiger partial charge >= 0.3 is 6.18 Å². The van der Waals surface area contributed by atoms with Crippen molar-refractivity contribution in [3.05, 3.63) is 65.2 Å². The molecular weight excluding hydrogens is 545 g/mol. The van der Waals surface area contributed by atoms with Gasteiger partial charge in [0.25, 0.3) is 0 Å². The van der Waals surface area contributed by atoms with Gasteiger partial charge in [0.15, 0.2) is 0 Å². The molecule has 1 saturated carbocycles. The average molecular weight is 585 g/mol. The number of piperidine rings is 1. The Kier molecular flexibility index (Phi) is 7.89. The van der Waals surface area contributed by atoms with Crippen molar-refractivity contribution in [2.75, 3.05) is 25.0 Å². The summed E-state index contributed by atoms with van der Waals surface area (Å²) >= 11 is 0. The molecule has 2 aromatic rings. The maximum absolute atomic E-state index is 14.3. The minimum atomic E-state index is -4.47. The van der Waals surface area contributed by atoms with Crippen LogP contribution in [0, 0.1) is 11.3 Å². The van der Waals surface area contributed by atoms with Crippen molar-refractivity contribution < 1.29 is 27.6 Å². The molecule has 2 aliphatic heterocycles. The maximum atomic E-state index is 14.3. The lowest BCUT2D eigenvalue weighted by Crippen LogP contribution is -2.54. The third-order valence-electron chi connectivity index (χ3n) is 9.87. The molecule has 1 saturated heterocycles. The second-order valence-electron chi connectivity index (χ2n) is 12.6. The number of halogens is 3. The van der Waals surface area contributed by atoms with Crippen molar-refractivity contribution in [2.24, 2.45) is 17.1 Å². The number of fused-ring (bicyclic) bond motifs is 1. The number of benzene rings is 2. The van der Waals surface area contributed by atoms with Crippen molar-refractivity contribution in [1.29, 1.82) is 0 Å². The number of nitrogens with two attached hydrogens (primary N) is 1. The van der Waals surface area contributed by atoms with Crippen molar-refractivity contribution >= 4 is 23.4 Å². The zero-order valence-corrected chi connectivity index (χ0v) is 24.3. The molecular formula is C32H39F3N4O3. The zero-order valence-electron chi connectivity index (χ0n) is 24.3. The molecule has 3 aliphatic rings. The van der Waals surface area contributed by atoms with Gasteiger partial charge in [-0.3, -0.25) is 14.4 Å². The van der Waals surface area contributed by atoms with Gasteiger partial charge in [0, 0.05) is 30.9 Å². The van der Waals surface area contributed by atoms with E-state index in [0.29, 0.717) is 50.8 Å². The van der Waals surface area contributed by atoms with Crippen LogP contribution < -0.4 is 16.0 Å². The quantitative estimate of drug-likeness (QED) is 0.504. The summed E-state index contributed by atoms with van der Waals surface area (Å²) in [5.41, 5.74) is 5.96. The van der Waals surface area contributed by atoms with E-state index in [4.69, 9.17) is 5.73 Å². The molecule has 3 N–H and O–H groups in total. The molecule has 0 radical (unpaired) electrons. The maximum Gasteiger partial charge on any atom is 0.416 e. The van der Waals surface area contributed by atoms with Gasteiger partial charge < -0.3 is 20.9 Å². The third kappa shape index (κ3) is 5.18. The number of primary amides is 1. The summed E-state index contributed by atoms with van der Waals surface area (Å²) in [6, 6.07) is 12.5. The van der Waals surface area contributed by atoms with E-state index in [2.05, 4.69) is 5.32 Å². The number of alkyl halides is 3. The number of hydrogen-bond acceptors (Lipinski definition) is 4. The van der Waals surface area contributed by atoms with Gasteiger partial charge in [-0.1, -0.05) is 30.3 Å². The lowest BCUT2D eigenvalue weighted by molar-refractivity contribution is -0.148. The van der Waals surface area contributed by atoms with Crippen LogP contribution in [0.15, 0.2) is 48.5 Å². The molecule has 2 aromatic carbocycles. The predicted octanol–water partition coefficient (Wildman–Crippen LogP) is 4.42. The number of hydrogen-bond donors (Lipinski definition) is 2. The largest absolute Gasteiger partial charge is 0.416 e. The first-order chi connectivity index (χ1) is 19.8. The molecule has 3 amide bonds. The number of carbonyl (C=O) groups excluding carboxylic acids is 3. The molecule has 0 aromatic heterocycles. The summed E-state index contributed by atoms with van der Waals surface area (Å²) in [5, 5.41) is 3.20. The van der Waals surface area contributed by atoms with E-state index in [9.17, 15) is 27.6 Å². The summed E-state index contributed by atoms with van der Waals surface area (Å²) in [7, 11) is 1.80. The Labute approximate surface area is 244 Å². The first-order valence-corrected chi connectivity index (χ1v) is 14.6. The topological polar surface area (TPSA) is 95.7 Å². The highest BCUT2D eigenvalue weighted by Crippen LogP contribution is 2.47. The SMILES string of the molecule is CNC1CCC(C(N)=O)([C@H](Cc2ccc(C(F)(F)F)cc2)C(=O)N2CCC(N3C(=O)C(C)(C)c4ccccc43)CC2)C1. The Morgan fingerprint density at radius 3 is 2.26 bits per heavy atom. The second-order valence-corrected chi connectivity index (χ2v) is 12.6. The van der Waals surface area contributed by atoms with Gasteiger partial charge in [0.1, 0.15) is 0 Å². The Hall–Kier alpha value is -3.40. The molecule has 7 nitrogen and oxygen atoms in total. The Morgan fingerprint density at radius 2 is 1.69 bits per heavy atom. The van der Waals surface area contributed by atoms with E-state index in [1.54, 1.807) is 11.9 Å². The van der Waals surface area contributed by atoms with E-state index in [1.165, 1.54) is 12.1 Å². The first-order valence-electron chi connectivity index (χ1n) is 14.6. The molecule has 1 aliphatic carbocycles. The summed E-state index contributed by atoms with van der Waals surface area (Å²) < 4.78 is 39.6. The van der Waals surface area contributed by atoms with Crippen molar-refractivity contribution in [2.45, 2.75) is 76.0 Å². The van der Waals surface area contributed by atoms with E-state index in [0.717, 1.165) is 23.4 Å². The van der Waals surface area contributed by atoms with Gasteiger partial charge in [-0.05, 0) is 88.7 Å². The number of likely N-dealkylation sites (tertiary alicyclic amines) is 1. The van der Waals surface area contributed by atoms with Gasteiger partial charge in [0.2, 0.25) is 17.7 Å². The van der Waals surface area contributed by atoms with Crippen LogP contribution in [0.3, 0.4) is 0 Å². The monoisotopic (exact) mass is 584 g/mol. The minimum absolute atomic E-state index is 0.00995. The highest BCUT2D eigenvalue weighted by molar-refractivity contribution is 6.08. The Balaban J connectivity index is 1.38. The van der Waals surface area contributed by atoms with Crippen LogP contribution >= 0.6 is 0 Å². The standard InChI is InChI=1S/C32H39F3N4O3/c1-30(2)24-6-4-5-7-26(24)39(29(30)42)23-13-16-38(17-14-23)27(40)25(31(28(36)41)15-12-22(19-31)37-3)18-20-8-10-21(11-9-20)32(33,34)35/h4-11,22-23,25,37H,12-19H2,1-3H3,(H2,36,41)/t22?,25-,31?/m1/s1. The lowest BCUT2D eigenvalue weighted by atomic mass is 9.69. The Bertz CT molecular complexity index is 1350. The molecule has 2 unspecified atom stereocenters. The van der Waals surface area contributed by atoms with Crippen LogP contribution in [0.5, 0.6) is 0 Å². The van der Waals surface area contributed by atoms with Gasteiger partial charge in [-0.2, -0.15) is 13.2 Å². The molecule has 226 valence electrons. The van der Waals surface area contributed by atoms with Crippen molar-refractivity contribution in [3.8, 4) is 0 Å². The van der Waals surface area contributed by atoms with Crippen LogP contribution in [0.4, 0.5) is 18.9 Å².